The zero-order valence-corrected chi connectivity index (χ0v) is 15.3. The summed E-state index contributed by atoms with van der Waals surface area (Å²) in [5, 5.41) is 7.30. The molecule has 7 nitrogen and oxygen atoms in total. The Morgan fingerprint density at radius 3 is 2.96 bits per heavy atom. The molecule has 1 aromatic carbocycles. The van der Waals surface area contributed by atoms with Gasteiger partial charge in [0.05, 0.1) is 18.7 Å². The number of aromatic nitrogens is 4. The molecule has 0 spiro atoms. The van der Waals surface area contributed by atoms with E-state index in [4.69, 9.17) is 4.74 Å². The molecule has 27 heavy (non-hydrogen) atoms. The summed E-state index contributed by atoms with van der Waals surface area (Å²) in [6.45, 7) is 2.13. The van der Waals surface area contributed by atoms with Crippen LogP contribution in [0, 0.1) is 0 Å². The van der Waals surface area contributed by atoms with Crippen molar-refractivity contribution in [3.8, 4) is 5.75 Å². The summed E-state index contributed by atoms with van der Waals surface area (Å²) in [4.78, 5) is 20.8. The molecular formula is C20H21N5O2. The van der Waals surface area contributed by atoms with Gasteiger partial charge in [-0.05, 0) is 43.2 Å². The summed E-state index contributed by atoms with van der Waals surface area (Å²) < 4.78 is 7.28. The van der Waals surface area contributed by atoms with Gasteiger partial charge in [0, 0.05) is 24.7 Å². The van der Waals surface area contributed by atoms with E-state index in [1.165, 1.54) is 11.8 Å². The van der Waals surface area contributed by atoms with Crippen molar-refractivity contribution in [3.63, 3.8) is 0 Å². The molecule has 1 aliphatic rings. The number of methoxy groups -OCH3 is 1. The first-order valence-electron chi connectivity index (χ1n) is 8.96. The average Bonchev–Trinajstić information content (AvgIpc) is 3.12. The number of aryl methyl sites for hydroxylation is 1. The smallest absolute Gasteiger partial charge is 0.259 e. The van der Waals surface area contributed by atoms with Gasteiger partial charge in [0.25, 0.3) is 5.91 Å². The maximum atomic E-state index is 12.3. The predicted octanol–water partition coefficient (Wildman–Crippen LogP) is 3.23. The third kappa shape index (κ3) is 3.40. The summed E-state index contributed by atoms with van der Waals surface area (Å²) in [5.41, 5.74) is 1.71. The molecule has 0 radical (unpaired) electrons. The summed E-state index contributed by atoms with van der Waals surface area (Å²) in [6.07, 6.45) is 4.93. The molecule has 3 heterocycles. The fourth-order valence-electron chi connectivity index (χ4n) is 3.59. The van der Waals surface area contributed by atoms with E-state index in [0.717, 1.165) is 24.4 Å². The van der Waals surface area contributed by atoms with Gasteiger partial charge in [-0.3, -0.25) is 15.1 Å². The van der Waals surface area contributed by atoms with Crippen LogP contribution in [0.1, 0.15) is 47.1 Å². The van der Waals surface area contributed by atoms with Crippen molar-refractivity contribution < 1.29 is 9.53 Å². The molecule has 0 fully saturated rings. The maximum Gasteiger partial charge on any atom is 0.259 e. The van der Waals surface area contributed by atoms with Gasteiger partial charge in [-0.1, -0.05) is 12.1 Å². The highest BCUT2D eigenvalue weighted by Gasteiger charge is 2.30. The number of anilines is 1. The fourth-order valence-corrected chi connectivity index (χ4v) is 3.59. The van der Waals surface area contributed by atoms with Crippen LogP contribution >= 0.6 is 0 Å². The molecular weight excluding hydrogens is 342 g/mol. The monoisotopic (exact) mass is 363 g/mol. The SMILES string of the molecule is COc1cccc(C2CCc3nc(NC(=O)c4cccnc4)nn3C2C)c1. The highest BCUT2D eigenvalue weighted by atomic mass is 16.5. The number of hydrogen-bond acceptors (Lipinski definition) is 5. The fraction of sp³-hybridized carbons (Fsp3) is 0.300. The van der Waals surface area contributed by atoms with E-state index < -0.39 is 0 Å². The first kappa shape index (κ1) is 17.2. The van der Waals surface area contributed by atoms with Crippen LogP contribution in [0.25, 0.3) is 0 Å². The van der Waals surface area contributed by atoms with Crippen molar-refractivity contribution >= 4 is 11.9 Å². The molecule has 3 aromatic rings. The highest BCUT2D eigenvalue weighted by molar-refractivity contribution is 6.03. The van der Waals surface area contributed by atoms with Crippen LogP contribution in [0.5, 0.6) is 5.75 Å². The molecule has 138 valence electrons. The van der Waals surface area contributed by atoms with Crippen LogP contribution in [0.2, 0.25) is 0 Å². The second-order valence-corrected chi connectivity index (χ2v) is 6.65. The summed E-state index contributed by atoms with van der Waals surface area (Å²) >= 11 is 0. The number of nitrogens with one attached hydrogen (secondary N) is 1. The molecule has 2 aromatic heterocycles. The minimum absolute atomic E-state index is 0.136. The molecule has 1 amide bonds. The van der Waals surface area contributed by atoms with Crippen molar-refractivity contribution in [2.24, 2.45) is 0 Å². The molecule has 1 aliphatic heterocycles. The van der Waals surface area contributed by atoms with Gasteiger partial charge >= 0.3 is 0 Å². The zero-order valence-electron chi connectivity index (χ0n) is 15.3. The van der Waals surface area contributed by atoms with Gasteiger partial charge < -0.3 is 4.74 Å². The van der Waals surface area contributed by atoms with Crippen molar-refractivity contribution in [1.29, 1.82) is 0 Å². The zero-order chi connectivity index (χ0) is 18.8. The van der Waals surface area contributed by atoms with Gasteiger partial charge in [0.2, 0.25) is 5.95 Å². The normalized spacial score (nSPS) is 18.6. The van der Waals surface area contributed by atoms with Crippen LogP contribution < -0.4 is 10.1 Å². The van der Waals surface area contributed by atoms with E-state index in [2.05, 4.69) is 39.4 Å². The molecule has 0 saturated heterocycles. The number of pyridine rings is 1. The molecule has 0 saturated carbocycles. The van der Waals surface area contributed by atoms with E-state index in [0.29, 0.717) is 17.4 Å². The Hall–Kier alpha value is -3.22. The van der Waals surface area contributed by atoms with E-state index in [-0.39, 0.29) is 11.9 Å². The van der Waals surface area contributed by atoms with Crippen molar-refractivity contribution in [3.05, 3.63) is 65.7 Å². The number of ether oxygens (including phenoxy) is 1. The average molecular weight is 363 g/mol. The minimum atomic E-state index is -0.261. The van der Waals surface area contributed by atoms with Crippen LogP contribution in [0.3, 0.4) is 0 Å². The lowest BCUT2D eigenvalue weighted by atomic mass is 9.86. The minimum Gasteiger partial charge on any atom is -0.497 e. The van der Waals surface area contributed by atoms with E-state index in [9.17, 15) is 4.79 Å². The first-order chi connectivity index (χ1) is 13.2. The number of carbonyl (C=O) groups is 1. The Morgan fingerprint density at radius 1 is 1.30 bits per heavy atom. The lowest BCUT2D eigenvalue weighted by molar-refractivity contribution is 0.102. The molecule has 0 bridgehead atoms. The van der Waals surface area contributed by atoms with Crippen molar-refractivity contribution in [1.82, 2.24) is 19.7 Å². The number of rotatable bonds is 4. The summed E-state index contributed by atoms with van der Waals surface area (Å²) in [7, 11) is 1.68. The number of hydrogen-bond donors (Lipinski definition) is 1. The van der Waals surface area contributed by atoms with Gasteiger partial charge in [-0.25, -0.2) is 4.68 Å². The van der Waals surface area contributed by atoms with Crippen LogP contribution in [0.15, 0.2) is 48.8 Å². The van der Waals surface area contributed by atoms with Gasteiger partial charge in [-0.15, -0.1) is 5.10 Å². The lowest BCUT2D eigenvalue weighted by Gasteiger charge is -2.30. The molecule has 4 rings (SSSR count). The number of amides is 1. The van der Waals surface area contributed by atoms with Gasteiger partial charge in [0.15, 0.2) is 0 Å². The molecule has 1 N–H and O–H groups in total. The second kappa shape index (κ2) is 7.19. The second-order valence-electron chi connectivity index (χ2n) is 6.65. The summed E-state index contributed by atoms with van der Waals surface area (Å²) in [6, 6.07) is 11.7. The third-order valence-electron chi connectivity index (χ3n) is 5.02. The molecule has 7 heteroatoms. The molecule has 2 atom stereocenters. The number of carbonyl (C=O) groups excluding carboxylic acids is 1. The largest absolute Gasteiger partial charge is 0.497 e. The Bertz CT molecular complexity index is 954. The topological polar surface area (TPSA) is 81.9 Å². The Kier molecular flexibility index (Phi) is 4.58. The number of nitrogens with zero attached hydrogens (tertiary/aromatic N) is 4. The standard InChI is InChI=1S/C20H21N5O2/c1-13-17(14-5-3-7-16(11-14)27-2)8-9-18-22-20(24-25(13)18)23-19(26)15-6-4-10-21-12-15/h3-7,10-13,17H,8-9H2,1-2H3,(H,23,24,26). The quantitative estimate of drug-likeness (QED) is 0.770. The maximum absolute atomic E-state index is 12.3. The Balaban J connectivity index is 1.55. The first-order valence-corrected chi connectivity index (χ1v) is 8.96. The molecule has 2 unspecified atom stereocenters. The predicted molar refractivity (Wildman–Crippen MR) is 101 cm³/mol. The number of benzene rings is 1. The molecule has 0 aliphatic carbocycles. The van der Waals surface area contributed by atoms with Crippen LogP contribution in [-0.4, -0.2) is 32.8 Å². The Morgan fingerprint density at radius 2 is 2.19 bits per heavy atom. The van der Waals surface area contributed by atoms with E-state index in [1.54, 1.807) is 25.4 Å². The van der Waals surface area contributed by atoms with E-state index >= 15 is 0 Å². The van der Waals surface area contributed by atoms with Crippen molar-refractivity contribution in [2.45, 2.75) is 31.7 Å². The third-order valence-corrected chi connectivity index (χ3v) is 5.02. The summed E-state index contributed by atoms with van der Waals surface area (Å²) in [5.74, 6) is 2.13. The number of fused-ring (bicyclic) bond motifs is 1. The van der Waals surface area contributed by atoms with Crippen LogP contribution in [0.4, 0.5) is 5.95 Å². The van der Waals surface area contributed by atoms with Gasteiger partial charge in [0.1, 0.15) is 11.6 Å². The highest BCUT2D eigenvalue weighted by Crippen LogP contribution is 2.38. The van der Waals surface area contributed by atoms with Crippen molar-refractivity contribution in [2.75, 3.05) is 12.4 Å². The van der Waals surface area contributed by atoms with E-state index in [1.807, 2.05) is 16.8 Å². The Labute approximate surface area is 157 Å². The van der Waals surface area contributed by atoms with Gasteiger partial charge in [-0.2, -0.15) is 4.98 Å². The van der Waals surface area contributed by atoms with Crippen LogP contribution in [-0.2, 0) is 6.42 Å². The lowest BCUT2D eigenvalue weighted by Crippen LogP contribution is -2.24.